The van der Waals surface area contributed by atoms with E-state index in [-0.39, 0.29) is 17.9 Å². The predicted molar refractivity (Wildman–Crippen MR) is 79.8 cm³/mol. The fraction of sp³-hybridized carbons (Fsp3) is 0.429. The van der Waals surface area contributed by atoms with Crippen LogP contribution in [0.2, 0.25) is 5.02 Å². The van der Waals surface area contributed by atoms with Crippen LogP contribution in [0.5, 0.6) is 5.75 Å². The highest BCUT2D eigenvalue weighted by atomic mass is 35.5. The summed E-state index contributed by atoms with van der Waals surface area (Å²) >= 11 is 5.94. The van der Waals surface area contributed by atoms with Gasteiger partial charge in [0.15, 0.2) is 12.6 Å². The largest absolute Gasteiger partial charge is 0.495 e. The van der Waals surface area contributed by atoms with E-state index >= 15 is 0 Å². The summed E-state index contributed by atoms with van der Waals surface area (Å²) < 4.78 is 5.20. The number of amides is 2. The van der Waals surface area contributed by atoms with Crippen LogP contribution in [0.4, 0.5) is 5.69 Å². The topological polar surface area (TPSA) is 71.9 Å². The van der Waals surface area contributed by atoms with Crippen LogP contribution in [-0.4, -0.2) is 44.6 Å². The standard InChI is InChI=1S/C14H18ClN3O3/c1-9(18-6-5-16-13(19)8-18)14(20)17-11-7-10(15)3-4-12(11)21-2/h3-4,7,9H,5-6,8H2,1-2H3,(H,16,19)(H,17,20)/p+1/t9-/m1/s1. The lowest BCUT2D eigenvalue weighted by molar-refractivity contribution is -0.907. The molecular formula is C14H19ClN3O3+. The molecule has 0 saturated carbocycles. The van der Waals surface area contributed by atoms with Crippen LogP contribution in [0.25, 0.3) is 0 Å². The summed E-state index contributed by atoms with van der Waals surface area (Å²) in [5.41, 5.74) is 0.530. The average molecular weight is 313 g/mol. The smallest absolute Gasteiger partial charge is 0.282 e. The number of hydrogen-bond donors (Lipinski definition) is 3. The summed E-state index contributed by atoms with van der Waals surface area (Å²) in [5, 5.41) is 6.08. The van der Waals surface area contributed by atoms with Crippen molar-refractivity contribution in [3.63, 3.8) is 0 Å². The lowest BCUT2D eigenvalue weighted by Crippen LogP contribution is -3.19. The third-order valence-corrected chi connectivity index (χ3v) is 3.82. The van der Waals surface area contributed by atoms with Gasteiger partial charge >= 0.3 is 0 Å². The quantitative estimate of drug-likeness (QED) is 0.714. The van der Waals surface area contributed by atoms with Gasteiger partial charge in [-0.1, -0.05) is 11.6 Å². The first-order valence-corrected chi connectivity index (χ1v) is 7.14. The summed E-state index contributed by atoms with van der Waals surface area (Å²) in [5.74, 6) is 0.350. The molecular weight excluding hydrogens is 294 g/mol. The molecule has 1 aliphatic heterocycles. The number of benzene rings is 1. The number of carbonyl (C=O) groups is 2. The Hall–Kier alpha value is -1.79. The zero-order valence-electron chi connectivity index (χ0n) is 12.0. The van der Waals surface area contributed by atoms with Crippen molar-refractivity contribution in [2.75, 3.05) is 32.1 Å². The molecule has 0 bridgehead atoms. The van der Waals surface area contributed by atoms with Crippen molar-refractivity contribution < 1.29 is 19.2 Å². The molecule has 0 spiro atoms. The van der Waals surface area contributed by atoms with Gasteiger partial charge in [-0.2, -0.15) is 0 Å². The molecule has 1 aromatic carbocycles. The Labute approximate surface area is 128 Å². The van der Waals surface area contributed by atoms with Gasteiger partial charge in [-0.15, -0.1) is 0 Å². The van der Waals surface area contributed by atoms with Gasteiger partial charge in [0.1, 0.15) is 5.75 Å². The van der Waals surface area contributed by atoms with Crippen molar-refractivity contribution in [2.24, 2.45) is 0 Å². The first-order valence-electron chi connectivity index (χ1n) is 6.77. The molecule has 6 nitrogen and oxygen atoms in total. The van der Waals surface area contributed by atoms with Crippen molar-refractivity contribution in [1.82, 2.24) is 5.32 Å². The Bertz CT molecular complexity index is 550. The van der Waals surface area contributed by atoms with E-state index in [0.717, 1.165) is 11.4 Å². The number of rotatable bonds is 4. The van der Waals surface area contributed by atoms with Gasteiger partial charge in [0.25, 0.3) is 11.8 Å². The second kappa shape index (κ2) is 6.78. The van der Waals surface area contributed by atoms with Gasteiger partial charge < -0.3 is 20.3 Å². The Morgan fingerprint density at radius 3 is 2.95 bits per heavy atom. The minimum Gasteiger partial charge on any atom is -0.495 e. The van der Waals surface area contributed by atoms with E-state index in [0.29, 0.717) is 29.5 Å². The highest BCUT2D eigenvalue weighted by Gasteiger charge is 2.30. The molecule has 3 N–H and O–H groups in total. The molecule has 0 aromatic heterocycles. The van der Waals surface area contributed by atoms with Crippen LogP contribution in [0, 0.1) is 0 Å². The molecule has 2 rings (SSSR count). The molecule has 21 heavy (non-hydrogen) atoms. The number of quaternary nitrogens is 1. The minimum absolute atomic E-state index is 0.0313. The Morgan fingerprint density at radius 2 is 2.29 bits per heavy atom. The fourth-order valence-corrected chi connectivity index (χ4v) is 2.47. The SMILES string of the molecule is COc1ccc(Cl)cc1NC(=O)[C@@H](C)[NH+]1CCNC(=O)C1. The van der Waals surface area contributed by atoms with E-state index in [1.807, 2.05) is 0 Å². The summed E-state index contributed by atoms with van der Waals surface area (Å²) in [6.45, 7) is 3.43. The second-order valence-electron chi connectivity index (χ2n) is 4.99. The van der Waals surface area contributed by atoms with Crippen LogP contribution in [0.3, 0.4) is 0 Å². The van der Waals surface area contributed by atoms with Crippen molar-refractivity contribution >= 4 is 29.1 Å². The molecule has 1 saturated heterocycles. The molecule has 0 radical (unpaired) electrons. The van der Waals surface area contributed by atoms with E-state index in [1.54, 1.807) is 25.1 Å². The number of methoxy groups -OCH3 is 1. The van der Waals surface area contributed by atoms with Crippen LogP contribution >= 0.6 is 11.6 Å². The third kappa shape index (κ3) is 3.86. The molecule has 1 fully saturated rings. The van der Waals surface area contributed by atoms with Crippen LogP contribution in [0.1, 0.15) is 6.92 Å². The summed E-state index contributed by atoms with van der Waals surface area (Å²) in [7, 11) is 1.53. The van der Waals surface area contributed by atoms with Gasteiger partial charge in [0.2, 0.25) is 0 Å². The lowest BCUT2D eigenvalue weighted by Gasteiger charge is -2.28. The molecule has 2 amide bonds. The van der Waals surface area contributed by atoms with Crippen molar-refractivity contribution in [2.45, 2.75) is 13.0 Å². The van der Waals surface area contributed by atoms with Crippen LogP contribution in [0.15, 0.2) is 18.2 Å². The molecule has 1 unspecified atom stereocenters. The number of carbonyl (C=O) groups excluding carboxylic acids is 2. The van der Waals surface area contributed by atoms with Gasteiger partial charge in [0, 0.05) is 5.02 Å². The summed E-state index contributed by atoms with van der Waals surface area (Å²) in [6.07, 6.45) is 0. The van der Waals surface area contributed by atoms with Gasteiger partial charge in [-0.25, -0.2) is 0 Å². The molecule has 0 aliphatic carbocycles. The molecule has 7 heteroatoms. The third-order valence-electron chi connectivity index (χ3n) is 3.58. The monoisotopic (exact) mass is 312 g/mol. The zero-order chi connectivity index (χ0) is 15.4. The lowest BCUT2D eigenvalue weighted by atomic mass is 10.2. The van der Waals surface area contributed by atoms with Crippen LogP contribution in [-0.2, 0) is 9.59 Å². The maximum Gasteiger partial charge on any atom is 0.282 e. The Morgan fingerprint density at radius 1 is 1.52 bits per heavy atom. The maximum absolute atomic E-state index is 12.3. The summed E-state index contributed by atoms with van der Waals surface area (Å²) in [4.78, 5) is 24.7. The number of anilines is 1. The summed E-state index contributed by atoms with van der Waals surface area (Å²) in [6, 6.07) is 4.70. The van der Waals surface area contributed by atoms with E-state index < -0.39 is 0 Å². The number of nitrogens with one attached hydrogen (secondary N) is 3. The minimum atomic E-state index is -0.334. The molecule has 1 heterocycles. The van der Waals surface area contributed by atoms with Gasteiger partial charge in [-0.05, 0) is 25.1 Å². The fourth-order valence-electron chi connectivity index (χ4n) is 2.29. The van der Waals surface area contributed by atoms with Gasteiger partial charge in [0.05, 0.1) is 25.9 Å². The average Bonchev–Trinajstić information content (AvgIpc) is 2.46. The highest BCUT2D eigenvalue weighted by Crippen LogP contribution is 2.27. The molecule has 2 atom stereocenters. The van der Waals surface area contributed by atoms with Crippen molar-refractivity contribution in [1.29, 1.82) is 0 Å². The molecule has 1 aliphatic rings. The normalized spacial score (nSPS) is 19.6. The van der Waals surface area contributed by atoms with E-state index in [1.165, 1.54) is 7.11 Å². The second-order valence-corrected chi connectivity index (χ2v) is 5.43. The number of hydrogen-bond acceptors (Lipinski definition) is 3. The maximum atomic E-state index is 12.3. The number of halogens is 1. The van der Waals surface area contributed by atoms with Crippen molar-refractivity contribution in [3.05, 3.63) is 23.2 Å². The Balaban J connectivity index is 2.06. The van der Waals surface area contributed by atoms with E-state index in [4.69, 9.17) is 16.3 Å². The predicted octanol–water partition coefficient (Wildman–Crippen LogP) is -0.310. The van der Waals surface area contributed by atoms with E-state index in [9.17, 15) is 9.59 Å². The number of piperazine rings is 1. The Kier molecular flexibility index (Phi) is 5.03. The molecule has 1 aromatic rings. The van der Waals surface area contributed by atoms with Gasteiger partial charge in [-0.3, -0.25) is 9.59 Å². The first-order chi connectivity index (χ1) is 10.0. The molecule has 114 valence electrons. The van der Waals surface area contributed by atoms with Crippen molar-refractivity contribution in [3.8, 4) is 5.75 Å². The first kappa shape index (κ1) is 15.6. The number of ether oxygens (including phenoxy) is 1. The zero-order valence-corrected chi connectivity index (χ0v) is 12.8. The highest BCUT2D eigenvalue weighted by molar-refractivity contribution is 6.31. The van der Waals surface area contributed by atoms with E-state index in [2.05, 4.69) is 10.6 Å². The van der Waals surface area contributed by atoms with Crippen LogP contribution < -0.4 is 20.3 Å².